The number of carbonyl (C=O) groups is 2. The maximum atomic E-state index is 12.5. The van der Waals surface area contributed by atoms with Crippen molar-refractivity contribution < 1.29 is 19.1 Å². The van der Waals surface area contributed by atoms with Gasteiger partial charge in [-0.1, -0.05) is 0 Å². The summed E-state index contributed by atoms with van der Waals surface area (Å²) in [5, 5.41) is 1.81. The summed E-state index contributed by atoms with van der Waals surface area (Å²) in [4.78, 5) is 26.4. The van der Waals surface area contributed by atoms with E-state index < -0.39 is 6.04 Å². The number of likely N-dealkylation sites (tertiary alicyclic amines) is 1. The van der Waals surface area contributed by atoms with Crippen molar-refractivity contribution in [2.24, 2.45) is 0 Å². The van der Waals surface area contributed by atoms with Gasteiger partial charge in [0.1, 0.15) is 16.7 Å². The zero-order valence-corrected chi connectivity index (χ0v) is 11.9. The van der Waals surface area contributed by atoms with Crippen LogP contribution >= 0.6 is 11.3 Å². The van der Waals surface area contributed by atoms with Gasteiger partial charge in [0, 0.05) is 6.54 Å². The summed E-state index contributed by atoms with van der Waals surface area (Å²) in [6, 6.07) is 1.28. The SMILES string of the molecule is COC(=O)C1CCCCN1C(=O)c1sccc1OC. The smallest absolute Gasteiger partial charge is 0.328 e. The molecule has 1 fully saturated rings. The minimum atomic E-state index is -0.474. The van der Waals surface area contributed by atoms with E-state index in [9.17, 15) is 9.59 Å². The standard InChI is InChI=1S/C13H17NO4S/c1-17-10-6-8-19-11(10)12(15)14-7-4-3-5-9(14)13(16)18-2/h6,8-9H,3-5,7H2,1-2H3. The molecule has 5 nitrogen and oxygen atoms in total. The number of esters is 1. The second-order valence-corrected chi connectivity index (χ2v) is 5.27. The molecule has 0 bridgehead atoms. The molecule has 19 heavy (non-hydrogen) atoms. The molecule has 2 heterocycles. The van der Waals surface area contributed by atoms with Crippen molar-refractivity contribution in [1.29, 1.82) is 0 Å². The lowest BCUT2D eigenvalue weighted by atomic mass is 10.0. The fourth-order valence-electron chi connectivity index (χ4n) is 2.30. The van der Waals surface area contributed by atoms with Gasteiger partial charge >= 0.3 is 5.97 Å². The van der Waals surface area contributed by atoms with Gasteiger partial charge in [0.2, 0.25) is 0 Å². The van der Waals surface area contributed by atoms with E-state index in [0.717, 1.165) is 12.8 Å². The Balaban J connectivity index is 2.22. The highest BCUT2D eigenvalue weighted by molar-refractivity contribution is 7.12. The van der Waals surface area contributed by atoms with E-state index in [1.807, 2.05) is 5.38 Å². The van der Waals surface area contributed by atoms with Crippen LogP contribution in [0.5, 0.6) is 5.75 Å². The molecule has 0 spiro atoms. The summed E-state index contributed by atoms with van der Waals surface area (Å²) in [5.41, 5.74) is 0. The number of hydrogen-bond acceptors (Lipinski definition) is 5. The molecule has 2 rings (SSSR count). The van der Waals surface area contributed by atoms with Crippen LogP contribution in [0, 0.1) is 0 Å². The molecule has 1 aliphatic rings. The molecule has 1 amide bonds. The van der Waals surface area contributed by atoms with Crippen molar-refractivity contribution in [2.45, 2.75) is 25.3 Å². The Morgan fingerprint density at radius 2 is 2.16 bits per heavy atom. The second-order valence-electron chi connectivity index (χ2n) is 4.35. The van der Waals surface area contributed by atoms with Crippen LogP contribution in [0.2, 0.25) is 0 Å². The summed E-state index contributed by atoms with van der Waals surface area (Å²) >= 11 is 1.33. The minimum Gasteiger partial charge on any atom is -0.495 e. The van der Waals surface area contributed by atoms with Crippen molar-refractivity contribution in [3.05, 3.63) is 16.3 Å². The van der Waals surface area contributed by atoms with Gasteiger partial charge in [-0.3, -0.25) is 4.79 Å². The third-order valence-corrected chi connectivity index (χ3v) is 4.16. The zero-order chi connectivity index (χ0) is 13.8. The van der Waals surface area contributed by atoms with Crippen LogP contribution < -0.4 is 4.74 Å². The molecule has 1 aliphatic heterocycles. The van der Waals surface area contributed by atoms with E-state index in [0.29, 0.717) is 23.6 Å². The van der Waals surface area contributed by atoms with E-state index in [2.05, 4.69) is 0 Å². The van der Waals surface area contributed by atoms with Crippen LogP contribution in [0.1, 0.15) is 28.9 Å². The Labute approximate surface area is 116 Å². The first-order valence-electron chi connectivity index (χ1n) is 6.19. The predicted octanol–water partition coefficient (Wildman–Crippen LogP) is 1.92. The second kappa shape index (κ2) is 6.06. The number of nitrogens with zero attached hydrogens (tertiary/aromatic N) is 1. The molecular weight excluding hydrogens is 266 g/mol. The lowest BCUT2D eigenvalue weighted by Gasteiger charge is -2.33. The summed E-state index contributed by atoms with van der Waals surface area (Å²) in [7, 11) is 2.89. The van der Waals surface area contributed by atoms with Crippen molar-refractivity contribution in [3.63, 3.8) is 0 Å². The van der Waals surface area contributed by atoms with Crippen LogP contribution in [-0.4, -0.2) is 43.6 Å². The number of amides is 1. The number of hydrogen-bond donors (Lipinski definition) is 0. The number of thiophene rings is 1. The van der Waals surface area contributed by atoms with Crippen LogP contribution in [0.3, 0.4) is 0 Å². The molecule has 1 aromatic heterocycles. The number of rotatable bonds is 3. The van der Waals surface area contributed by atoms with Gasteiger partial charge < -0.3 is 14.4 Å². The first kappa shape index (κ1) is 13.9. The molecule has 1 atom stereocenters. The van der Waals surface area contributed by atoms with Crippen LogP contribution in [0.4, 0.5) is 0 Å². The number of methoxy groups -OCH3 is 2. The fraction of sp³-hybridized carbons (Fsp3) is 0.538. The first-order valence-corrected chi connectivity index (χ1v) is 7.07. The number of ether oxygens (including phenoxy) is 2. The fourth-order valence-corrected chi connectivity index (χ4v) is 3.11. The quantitative estimate of drug-likeness (QED) is 0.795. The van der Waals surface area contributed by atoms with Gasteiger partial charge in [-0.15, -0.1) is 11.3 Å². The molecular formula is C13H17NO4S. The monoisotopic (exact) mass is 283 g/mol. The third kappa shape index (κ3) is 2.73. The van der Waals surface area contributed by atoms with Gasteiger partial charge in [-0.25, -0.2) is 4.79 Å². The molecule has 1 unspecified atom stereocenters. The van der Waals surface area contributed by atoms with E-state index in [-0.39, 0.29) is 11.9 Å². The lowest BCUT2D eigenvalue weighted by Crippen LogP contribution is -2.48. The molecule has 0 aromatic carbocycles. The summed E-state index contributed by atoms with van der Waals surface area (Å²) < 4.78 is 9.95. The average molecular weight is 283 g/mol. The van der Waals surface area contributed by atoms with Gasteiger partial charge in [0.05, 0.1) is 14.2 Å². The van der Waals surface area contributed by atoms with E-state index in [1.54, 1.807) is 11.0 Å². The van der Waals surface area contributed by atoms with Crippen LogP contribution in [-0.2, 0) is 9.53 Å². The Morgan fingerprint density at radius 1 is 1.37 bits per heavy atom. The average Bonchev–Trinajstić information content (AvgIpc) is 2.94. The molecule has 0 aliphatic carbocycles. The first-order chi connectivity index (χ1) is 9.19. The Kier molecular flexibility index (Phi) is 4.42. The minimum absolute atomic E-state index is 0.151. The molecule has 0 radical (unpaired) electrons. The highest BCUT2D eigenvalue weighted by Crippen LogP contribution is 2.29. The van der Waals surface area contributed by atoms with Gasteiger partial charge in [0.25, 0.3) is 5.91 Å². The van der Waals surface area contributed by atoms with E-state index >= 15 is 0 Å². The van der Waals surface area contributed by atoms with Gasteiger partial charge in [-0.05, 0) is 30.7 Å². The lowest BCUT2D eigenvalue weighted by molar-refractivity contribution is -0.147. The van der Waals surface area contributed by atoms with Crippen molar-refractivity contribution in [2.75, 3.05) is 20.8 Å². The van der Waals surface area contributed by atoms with Crippen molar-refractivity contribution >= 4 is 23.2 Å². The summed E-state index contributed by atoms with van der Waals surface area (Å²) in [5.74, 6) is 0.0645. The summed E-state index contributed by atoms with van der Waals surface area (Å²) in [6.07, 6.45) is 2.50. The molecule has 104 valence electrons. The number of piperidine rings is 1. The normalized spacial score (nSPS) is 19.1. The Hall–Kier alpha value is -1.56. The predicted molar refractivity (Wildman–Crippen MR) is 71.6 cm³/mol. The van der Waals surface area contributed by atoms with E-state index in [4.69, 9.17) is 9.47 Å². The molecule has 1 aromatic rings. The maximum absolute atomic E-state index is 12.5. The largest absolute Gasteiger partial charge is 0.495 e. The molecule has 0 N–H and O–H groups in total. The van der Waals surface area contributed by atoms with Crippen molar-refractivity contribution in [3.8, 4) is 5.75 Å². The summed E-state index contributed by atoms with van der Waals surface area (Å²) in [6.45, 7) is 0.583. The molecule has 6 heteroatoms. The maximum Gasteiger partial charge on any atom is 0.328 e. The van der Waals surface area contributed by atoms with Crippen LogP contribution in [0.25, 0.3) is 0 Å². The van der Waals surface area contributed by atoms with Crippen molar-refractivity contribution in [1.82, 2.24) is 4.90 Å². The third-order valence-electron chi connectivity index (χ3n) is 3.28. The highest BCUT2D eigenvalue weighted by Gasteiger charge is 2.34. The molecule has 1 saturated heterocycles. The van der Waals surface area contributed by atoms with Gasteiger partial charge in [0.15, 0.2) is 0 Å². The van der Waals surface area contributed by atoms with Crippen LogP contribution in [0.15, 0.2) is 11.4 Å². The Morgan fingerprint density at radius 3 is 2.84 bits per heavy atom. The Bertz CT molecular complexity index is 471. The molecule has 0 saturated carbocycles. The highest BCUT2D eigenvalue weighted by atomic mass is 32.1. The zero-order valence-electron chi connectivity index (χ0n) is 11.0. The van der Waals surface area contributed by atoms with Gasteiger partial charge in [-0.2, -0.15) is 0 Å². The topological polar surface area (TPSA) is 55.8 Å². The van der Waals surface area contributed by atoms with E-state index in [1.165, 1.54) is 25.6 Å². The number of carbonyl (C=O) groups excluding carboxylic acids is 2.